The van der Waals surface area contributed by atoms with Crippen LogP contribution in [0.2, 0.25) is 5.02 Å². The maximum absolute atomic E-state index is 11.9. The van der Waals surface area contributed by atoms with E-state index in [1.165, 1.54) is 0 Å². The molecule has 138 valence electrons. The number of ether oxygens (including phenoxy) is 1. The van der Waals surface area contributed by atoms with Gasteiger partial charge in [0, 0.05) is 11.1 Å². The molecule has 0 saturated carbocycles. The van der Waals surface area contributed by atoms with Crippen LogP contribution in [0.25, 0.3) is 0 Å². The zero-order valence-electron chi connectivity index (χ0n) is 13.7. The lowest BCUT2D eigenvalue weighted by molar-refractivity contribution is -0.118. The third-order valence-electron chi connectivity index (χ3n) is 3.70. The highest BCUT2D eigenvalue weighted by Crippen LogP contribution is 2.17. The van der Waals surface area contributed by atoms with Gasteiger partial charge in [-0.25, -0.2) is 8.42 Å². The molecular weight excluding hydrogens is 380 g/mol. The topological polar surface area (TPSA) is 110 Å². The first-order valence-corrected chi connectivity index (χ1v) is 10.1. The molecule has 2 aromatic rings. The van der Waals surface area contributed by atoms with Crippen LogP contribution in [0.5, 0.6) is 5.75 Å². The Morgan fingerprint density at radius 3 is 2.46 bits per heavy atom. The van der Waals surface area contributed by atoms with Gasteiger partial charge in [-0.05, 0) is 42.8 Å². The van der Waals surface area contributed by atoms with Crippen molar-refractivity contribution in [3.63, 3.8) is 0 Å². The van der Waals surface area contributed by atoms with E-state index in [-0.39, 0.29) is 35.9 Å². The number of hydrogen-bond acceptors (Lipinski definition) is 7. The van der Waals surface area contributed by atoms with Crippen molar-refractivity contribution in [2.75, 3.05) is 28.7 Å². The SMILES string of the molecule is O=C(COc1ccc(Cl)cc1)Nc1ccc(NC2CCS(=O)(=O)C2)nn1. The van der Waals surface area contributed by atoms with Crippen molar-refractivity contribution in [3.8, 4) is 5.75 Å². The molecule has 1 amide bonds. The smallest absolute Gasteiger partial charge is 0.263 e. The van der Waals surface area contributed by atoms with Crippen molar-refractivity contribution in [1.29, 1.82) is 0 Å². The summed E-state index contributed by atoms with van der Waals surface area (Å²) in [5, 5.41) is 14.0. The summed E-state index contributed by atoms with van der Waals surface area (Å²) in [5.74, 6) is 1.16. The van der Waals surface area contributed by atoms with Crippen molar-refractivity contribution in [2.45, 2.75) is 12.5 Å². The number of halogens is 1. The quantitative estimate of drug-likeness (QED) is 0.765. The number of carbonyl (C=O) groups excluding carboxylic acids is 1. The molecule has 1 saturated heterocycles. The van der Waals surface area contributed by atoms with Crippen molar-refractivity contribution in [1.82, 2.24) is 10.2 Å². The third kappa shape index (κ3) is 5.30. The van der Waals surface area contributed by atoms with Crippen LogP contribution in [-0.4, -0.2) is 48.7 Å². The molecule has 26 heavy (non-hydrogen) atoms. The lowest BCUT2D eigenvalue weighted by Crippen LogP contribution is -2.22. The predicted molar refractivity (Wildman–Crippen MR) is 98.3 cm³/mol. The van der Waals surface area contributed by atoms with Gasteiger partial charge in [-0.3, -0.25) is 4.79 Å². The highest BCUT2D eigenvalue weighted by Gasteiger charge is 2.27. The second kappa shape index (κ2) is 7.88. The fraction of sp³-hybridized carbons (Fsp3) is 0.312. The number of amides is 1. The van der Waals surface area contributed by atoms with E-state index in [2.05, 4.69) is 20.8 Å². The Labute approximate surface area is 155 Å². The van der Waals surface area contributed by atoms with E-state index in [1.807, 2.05) is 0 Å². The van der Waals surface area contributed by atoms with Crippen LogP contribution in [0, 0.1) is 0 Å². The van der Waals surface area contributed by atoms with Gasteiger partial charge in [0.2, 0.25) is 0 Å². The van der Waals surface area contributed by atoms with Crippen LogP contribution in [0.3, 0.4) is 0 Å². The van der Waals surface area contributed by atoms with Crippen molar-refractivity contribution in [3.05, 3.63) is 41.4 Å². The molecule has 8 nitrogen and oxygen atoms in total. The maximum Gasteiger partial charge on any atom is 0.263 e. The van der Waals surface area contributed by atoms with Crippen LogP contribution in [-0.2, 0) is 14.6 Å². The van der Waals surface area contributed by atoms with E-state index >= 15 is 0 Å². The van der Waals surface area contributed by atoms with Crippen LogP contribution >= 0.6 is 11.6 Å². The van der Waals surface area contributed by atoms with E-state index in [9.17, 15) is 13.2 Å². The molecule has 0 spiro atoms. The number of anilines is 2. The number of aromatic nitrogens is 2. The Kier molecular flexibility index (Phi) is 5.58. The normalized spacial score (nSPS) is 18.3. The summed E-state index contributed by atoms with van der Waals surface area (Å²) in [6, 6.07) is 9.72. The van der Waals surface area contributed by atoms with Gasteiger partial charge in [-0.15, -0.1) is 10.2 Å². The largest absolute Gasteiger partial charge is 0.484 e. The van der Waals surface area contributed by atoms with E-state index in [0.717, 1.165) is 0 Å². The van der Waals surface area contributed by atoms with Crippen molar-refractivity contribution < 1.29 is 17.9 Å². The second-order valence-corrected chi connectivity index (χ2v) is 8.50. The first-order valence-electron chi connectivity index (χ1n) is 7.88. The average molecular weight is 397 g/mol. The molecule has 1 aliphatic rings. The highest BCUT2D eigenvalue weighted by molar-refractivity contribution is 7.91. The summed E-state index contributed by atoms with van der Waals surface area (Å²) in [5.41, 5.74) is 0. The number of rotatable bonds is 6. The zero-order chi connectivity index (χ0) is 18.6. The summed E-state index contributed by atoms with van der Waals surface area (Å²) < 4.78 is 28.2. The van der Waals surface area contributed by atoms with Gasteiger partial charge >= 0.3 is 0 Å². The van der Waals surface area contributed by atoms with Crippen LogP contribution in [0.15, 0.2) is 36.4 Å². The van der Waals surface area contributed by atoms with Crippen molar-refractivity contribution >= 4 is 39.0 Å². The summed E-state index contributed by atoms with van der Waals surface area (Å²) >= 11 is 5.78. The number of nitrogens with zero attached hydrogens (tertiary/aromatic N) is 2. The maximum atomic E-state index is 11.9. The second-order valence-electron chi connectivity index (χ2n) is 5.84. The Hall–Kier alpha value is -2.39. The standard InChI is InChI=1S/C16H17ClN4O4S/c17-11-1-3-13(4-2-11)25-9-16(22)19-15-6-5-14(20-21-15)18-12-7-8-26(23,24)10-12/h1-6,12H,7-10H2,(H,18,20)(H,19,21,22). The van der Waals surface area contributed by atoms with Crippen LogP contribution < -0.4 is 15.4 Å². The fourth-order valence-corrected chi connectivity index (χ4v) is 4.25. The monoisotopic (exact) mass is 396 g/mol. The van der Waals surface area contributed by atoms with E-state index in [0.29, 0.717) is 23.0 Å². The Morgan fingerprint density at radius 1 is 1.15 bits per heavy atom. The third-order valence-corrected chi connectivity index (χ3v) is 5.72. The van der Waals surface area contributed by atoms with Gasteiger partial charge in [0.15, 0.2) is 22.3 Å². The molecule has 1 aromatic carbocycles. The fourth-order valence-electron chi connectivity index (χ4n) is 2.45. The first-order chi connectivity index (χ1) is 12.4. The first kappa shape index (κ1) is 18.4. The summed E-state index contributed by atoms with van der Waals surface area (Å²) in [6.07, 6.45) is 0.546. The van der Waals surface area contributed by atoms with Gasteiger partial charge in [0.1, 0.15) is 11.6 Å². The molecule has 10 heteroatoms. The van der Waals surface area contributed by atoms with E-state index in [1.54, 1.807) is 36.4 Å². The van der Waals surface area contributed by atoms with E-state index < -0.39 is 9.84 Å². The minimum absolute atomic E-state index is 0.0925. The Morgan fingerprint density at radius 2 is 1.85 bits per heavy atom. The average Bonchev–Trinajstić information content (AvgIpc) is 2.95. The molecule has 3 rings (SSSR count). The number of benzene rings is 1. The van der Waals surface area contributed by atoms with Gasteiger partial charge in [0.25, 0.3) is 5.91 Å². The summed E-state index contributed by atoms with van der Waals surface area (Å²) in [7, 11) is -2.96. The minimum atomic E-state index is -2.96. The summed E-state index contributed by atoms with van der Waals surface area (Å²) in [4.78, 5) is 11.9. The molecule has 0 bridgehead atoms. The molecule has 1 fully saturated rings. The molecule has 1 aromatic heterocycles. The van der Waals surface area contributed by atoms with Gasteiger partial charge < -0.3 is 15.4 Å². The molecule has 1 atom stereocenters. The van der Waals surface area contributed by atoms with Gasteiger partial charge in [-0.1, -0.05) is 11.6 Å². The van der Waals surface area contributed by atoms with Crippen LogP contribution in [0.1, 0.15) is 6.42 Å². The molecular formula is C16H17ClN4O4S. The molecule has 1 aliphatic heterocycles. The number of hydrogen-bond donors (Lipinski definition) is 2. The van der Waals surface area contributed by atoms with Gasteiger partial charge in [0.05, 0.1) is 11.5 Å². The highest BCUT2D eigenvalue weighted by atomic mass is 35.5. The lowest BCUT2D eigenvalue weighted by Gasteiger charge is -2.11. The number of nitrogens with one attached hydrogen (secondary N) is 2. The van der Waals surface area contributed by atoms with E-state index in [4.69, 9.17) is 16.3 Å². The summed E-state index contributed by atoms with van der Waals surface area (Å²) in [6.45, 7) is -0.177. The Bertz CT molecular complexity index is 872. The minimum Gasteiger partial charge on any atom is -0.484 e. The lowest BCUT2D eigenvalue weighted by atomic mass is 10.2. The van der Waals surface area contributed by atoms with Crippen LogP contribution in [0.4, 0.5) is 11.6 Å². The molecule has 2 N–H and O–H groups in total. The molecule has 1 unspecified atom stereocenters. The molecule has 0 radical (unpaired) electrons. The van der Waals surface area contributed by atoms with Gasteiger partial charge in [-0.2, -0.15) is 0 Å². The molecule has 2 heterocycles. The van der Waals surface area contributed by atoms with Crippen molar-refractivity contribution in [2.24, 2.45) is 0 Å². The predicted octanol–water partition coefficient (Wildman–Crippen LogP) is 1.75. The zero-order valence-corrected chi connectivity index (χ0v) is 15.3. The Balaban J connectivity index is 1.47. The number of sulfone groups is 1. The number of carbonyl (C=O) groups is 1. The molecule has 0 aliphatic carbocycles.